The van der Waals surface area contributed by atoms with E-state index in [9.17, 15) is 9.59 Å². The van der Waals surface area contributed by atoms with E-state index in [0.29, 0.717) is 17.1 Å². The van der Waals surface area contributed by atoms with Gasteiger partial charge in [0.25, 0.3) is 5.91 Å². The Kier molecular flexibility index (Phi) is 4.21. The Morgan fingerprint density at radius 1 is 1.32 bits per heavy atom. The molecule has 0 saturated carbocycles. The van der Waals surface area contributed by atoms with Crippen LogP contribution in [0, 0.1) is 0 Å². The van der Waals surface area contributed by atoms with Gasteiger partial charge in [0, 0.05) is 11.1 Å². The molecule has 8 heteroatoms. The van der Waals surface area contributed by atoms with Crippen molar-refractivity contribution in [2.45, 2.75) is 6.42 Å². The average Bonchev–Trinajstić information content (AvgIpc) is 3.25. The highest BCUT2D eigenvalue weighted by atomic mass is 32.1. The van der Waals surface area contributed by atoms with Crippen LogP contribution >= 0.6 is 22.7 Å². The van der Waals surface area contributed by atoms with Crippen LogP contribution in [-0.4, -0.2) is 23.4 Å². The molecule has 6 nitrogen and oxygen atoms in total. The van der Waals surface area contributed by atoms with E-state index >= 15 is 0 Å². The molecule has 2 amide bonds. The van der Waals surface area contributed by atoms with Crippen molar-refractivity contribution in [3.63, 3.8) is 0 Å². The Hall–Kier alpha value is -2.71. The summed E-state index contributed by atoms with van der Waals surface area (Å²) in [6.45, 7) is 0.00903. The van der Waals surface area contributed by atoms with Crippen LogP contribution in [-0.2, 0) is 16.0 Å². The molecule has 4 rings (SSSR count). The zero-order valence-corrected chi connectivity index (χ0v) is 14.6. The largest absolute Gasteiger partial charge is 0.482 e. The Morgan fingerprint density at radius 3 is 3.08 bits per heavy atom. The first-order valence-electron chi connectivity index (χ1n) is 7.52. The molecule has 1 aliphatic rings. The second-order valence-electron chi connectivity index (χ2n) is 5.39. The van der Waals surface area contributed by atoms with Crippen molar-refractivity contribution in [2.75, 3.05) is 17.2 Å². The van der Waals surface area contributed by atoms with Crippen LogP contribution in [0.5, 0.6) is 5.75 Å². The Balaban J connectivity index is 1.42. The van der Waals surface area contributed by atoms with Gasteiger partial charge in [-0.3, -0.25) is 9.59 Å². The number of nitrogens with one attached hydrogen (secondary N) is 2. The van der Waals surface area contributed by atoms with E-state index in [1.807, 2.05) is 22.9 Å². The van der Waals surface area contributed by atoms with Gasteiger partial charge in [-0.15, -0.1) is 22.7 Å². The summed E-state index contributed by atoms with van der Waals surface area (Å²) < 4.78 is 5.30. The molecule has 0 spiro atoms. The van der Waals surface area contributed by atoms with Crippen LogP contribution in [0.25, 0.3) is 9.88 Å². The van der Waals surface area contributed by atoms with Crippen molar-refractivity contribution in [3.05, 3.63) is 46.8 Å². The van der Waals surface area contributed by atoms with Gasteiger partial charge < -0.3 is 15.4 Å². The van der Waals surface area contributed by atoms with Gasteiger partial charge in [-0.1, -0.05) is 6.07 Å². The van der Waals surface area contributed by atoms with Crippen LogP contribution in [0.3, 0.4) is 0 Å². The summed E-state index contributed by atoms with van der Waals surface area (Å²) in [4.78, 5) is 29.2. The Labute approximate surface area is 151 Å². The molecule has 0 bridgehead atoms. The second kappa shape index (κ2) is 6.66. The number of anilines is 2. The van der Waals surface area contributed by atoms with Crippen LogP contribution in [0.15, 0.2) is 41.1 Å². The van der Waals surface area contributed by atoms with Crippen molar-refractivity contribution in [3.8, 4) is 15.6 Å². The number of fused-ring (bicyclic) bond motifs is 1. The molecule has 25 heavy (non-hydrogen) atoms. The highest BCUT2D eigenvalue weighted by molar-refractivity contribution is 7.20. The maximum atomic E-state index is 12.2. The molecule has 0 unspecified atom stereocenters. The lowest BCUT2D eigenvalue weighted by Gasteiger charge is -2.18. The van der Waals surface area contributed by atoms with Crippen LogP contribution in [0.1, 0.15) is 5.69 Å². The monoisotopic (exact) mass is 371 g/mol. The third kappa shape index (κ3) is 3.54. The molecule has 1 aliphatic heterocycles. The standard InChI is InChI=1S/C17H13N3O3S2/c21-15(7-11-9-25-17(19-11)14-2-1-5-24-14)18-10-3-4-13-12(6-10)20-16(22)8-23-13/h1-6,9H,7-8H2,(H,18,21)(H,20,22). The maximum absolute atomic E-state index is 12.2. The molecule has 2 N–H and O–H groups in total. The summed E-state index contributed by atoms with van der Waals surface area (Å²) in [6, 6.07) is 9.14. The molecule has 0 aliphatic carbocycles. The number of nitrogens with zero attached hydrogens (tertiary/aromatic N) is 1. The normalized spacial score (nSPS) is 12.9. The minimum Gasteiger partial charge on any atom is -0.482 e. The second-order valence-corrected chi connectivity index (χ2v) is 7.20. The third-order valence-corrected chi connectivity index (χ3v) is 5.45. The number of rotatable bonds is 4. The number of carbonyl (C=O) groups excluding carboxylic acids is 2. The Bertz CT molecular complexity index is 935. The van der Waals surface area contributed by atoms with E-state index in [0.717, 1.165) is 15.6 Å². The fourth-order valence-electron chi connectivity index (χ4n) is 2.43. The number of amides is 2. The van der Waals surface area contributed by atoms with Crippen molar-refractivity contribution < 1.29 is 14.3 Å². The number of carbonyl (C=O) groups is 2. The molecule has 1 aromatic carbocycles. The van der Waals surface area contributed by atoms with Crippen molar-refractivity contribution in [1.82, 2.24) is 4.98 Å². The number of ether oxygens (including phenoxy) is 1. The first-order chi connectivity index (χ1) is 12.2. The van der Waals surface area contributed by atoms with Gasteiger partial charge in [-0.25, -0.2) is 4.98 Å². The summed E-state index contributed by atoms with van der Waals surface area (Å²) >= 11 is 3.15. The Morgan fingerprint density at radius 2 is 2.24 bits per heavy atom. The summed E-state index contributed by atoms with van der Waals surface area (Å²) in [7, 11) is 0. The van der Waals surface area contributed by atoms with Crippen LogP contribution < -0.4 is 15.4 Å². The van der Waals surface area contributed by atoms with E-state index in [2.05, 4.69) is 15.6 Å². The molecule has 2 aromatic heterocycles. The molecule has 3 aromatic rings. The van der Waals surface area contributed by atoms with E-state index < -0.39 is 0 Å². The van der Waals surface area contributed by atoms with Crippen molar-refractivity contribution in [1.29, 1.82) is 0 Å². The fourth-order valence-corrected chi connectivity index (χ4v) is 4.07. The predicted molar refractivity (Wildman–Crippen MR) is 98.3 cm³/mol. The third-order valence-electron chi connectivity index (χ3n) is 3.52. The van der Waals surface area contributed by atoms with Gasteiger partial charge in [0.1, 0.15) is 10.8 Å². The van der Waals surface area contributed by atoms with E-state index in [-0.39, 0.29) is 24.8 Å². The van der Waals surface area contributed by atoms with Crippen LogP contribution in [0.2, 0.25) is 0 Å². The molecular weight excluding hydrogens is 358 g/mol. The van der Waals surface area contributed by atoms with Gasteiger partial charge >= 0.3 is 0 Å². The van der Waals surface area contributed by atoms with Gasteiger partial charge in [-0.2, -0.15) is 0 Å². The van der Waals surface area contributed by atoms with E-state index in [1.54, 1.807) is 29.5 Å². The zero-order valence-electron chi connectivity index (χ0n) is 12.9. The number of hydrogen-bond donors (Lipinski definition) is 2. The molecule has 0 saturated heterocycles. The van der Waals surface area contributed by atoms with Crippen molar-refractivity contribution >= 4 is 45.9 Å². The summed E-state index contributed by atoms with van der Waals surface area (Å²) in [5.41, 5.74) is 1.89. The smallest absolute Gasteiger partial charge is 0.262 e. The molecular formula is C17H13N3O3S2. The lowest BCUT2D eigenvalue weighted by molar-refractivity contribution is -0.118. The molecule has 3 heterocycles. The first-order valence-corrected chi connectivity index (χ1v) is 9.28. The number of thiazole rings is 1. The first kappa shape index (κ1) is 15.8. The fraction of sp³-hybridized carbons (Fsp3) is 0.118. The predicted octanol–water partition coefficient (Wildman–Crippen LogP) is 3.38. The molecule has 126 valence electrons. The zero-order chi connectivity index (χ0) is 17.2. The average molecular weight is 371 g/mol. The van der Waals surface area contributed by atoms with Gasteiger partial charge in [-0.05, 0) is 29.6 Å². The number of thiophene rings is 1. The van der Waals surface area contributed by atoms with Crippen LogP contribution in [0.4, 0.5) is 11.4 Å². The lowest BCUT2D eigenvalue weighted by atomic mass is 10.2. The molecule has 0 atom stereocenters. The van der Waals surface area contributed by atoms with Gasteiger partial charge in [0.15, 0.2) is 6.61 Å². The highest BCUT2D eigenvalue weighted by Crippen LogP contribution is 2.31. The molecule has 0 radical (unpaired) electrons. The van der Waals surface area contributed by atoms with Crippen molar-refractivity contribution in [2.24, 2.45) is 0 Å². The summed E-state index contributed by atoms with van der Waals surface area (Å²) in [5.74, 6) is 0.225. The SMILES string of the molecule is O=C(Cc1csc(-c2cccs2)n1)Nc1ccc2c(c1)NC(=O)CO2. The van der Waals surface area contributed by atoms with Gasteiger partial charge in [0.05, 0.1) is 22.7 Å². The van der Waals surface area contributed by atoms with E-state index in [1.165, 1.54) is 11.3 Å². The highest BCUT2D eigenvalue weighted by Gasteiger charge is 2.17. The quantitative estimate of drug-likeness (QED) is 0.737. The minimum absolute atomic E-state index is 0.00903. The number of hydrogen-bond acceptors (Lipinski definition) is 6. The molecule has 0 fully saturated rings. The minimum atomic E-state index is -0.209. The number of benzene rings is 1. The lowest BCUT2D eigenvalue weighted by Crippen LogP contribution is -2.25. The maximum Gasteiger partial charge on any atom is 0.262 e. The topological polar surface area (TPSA) is 80.3 Å². The van der Waals surface area contributed by atoms with E-state index in [4.69, 9.17) is 4.74 Å². The van der Waals surface area contributed by atoms with Gasteiger partial charge in [0.2, 0.25) is 5.91 Å². The number of aromatic nitrogens is 1. The summed E-state index contributed by atoms with van der Waals surface area (Å²) in [6.07, 6.45) is 0.196. The summed E-state index contributed by atoms with van der Waals surface area (Å²) in [5, 5.41) is 10.4.